The van der Waals surface area contributed by atoms with Gasteiger partial charge in [0.25, 0.3) is 11.8 Å². The Labute approximate surface area is 204 Å². The van der Waals surface area contributed by atoms with Crippen LogP contribution in [0.4, 0.5) is 5.69 Å². The number of methoxy groups -OCH3 is 1. The van der Waals surface area contributed by atoms with Crippen LogP contribution < -0.4 is 14.5 Å². The minimum absolute atomic E-state index is 0.0541. The molecule has 188 valence electrons. The lowest BCUT2D eigenvalue weighted by molar-refractivity contribution is -0.118. The fraction of sp³-hybridized carbons (Fsp3) is 0.375. The molecule has 1 heterocycles. The van der Waals surface area contributed by atoms with Gasteiger partial charge in [0.2, 0.25) is 5.91 Å². The van der Waals surface area contributed by atoms with Gasteiger partial charge in [-0.1, -0.05) is 12.1 Å². The first kappa shape index (κ1) is 26.2. The second-order valence-corrected chi connectivity index (χ2v) is 10.5. The number of amides is 3. The average Bonchev–Trinajstić information content (AvgIpc) is 3.01. The molecule has 0 aromatic heterocycles. The lowest BCUT2D eigenvalue weighted by Crippen LogP contribution is -2.42. The van der Waals surface area contributed by atoms with Gasteiger partial charge >= 0.3 is 0 Å². The zero-order valence-corrected chi connectivity index (χ0v) is 21.4. The van der Waals surface area contributed by atoms with Crippen molar-refractivity contribution in [2.75, 3.05) is 45.6 Å². The number of hydrazine groups is 1. The van der Waals surface area contributed by atoms with Gasteiger partial charge in [0.05, 0.1) is 37.1 Å². The van der Waals surface area contributed by atoms with E-state index in [2.05, 4.69) is 0 Å². The van der Waals surface area contributed by atoms with Crippen LogP contribution >= 0.6 is 0 Å². The zero-order chi connectivity index (χ0) is 26.1. The number of carbonyl (C=O) groups is 3. The fourth-order valence-electron chi connectivity index (χ4n) is 4.14. The van der Waals surface area contributed by atoms with E-state index < -0.39 is 33.4 Å². The number of fused-ring (bicyclic) bond motifs is 1. The summed E-state index contributed by atoms with van der Waals surface area (Å²) in [5.74, 6) is -0.852. The summed E-state index contributed by atoms with van der Waals surface area (Å²) in [5, 5.41) is 1.58. The van der Waals surface area contributed by atoms with Crippen molar-refractivity contribution in [2.45, 2.75) is 19.1 Å². The highest BCUT2D eigenvalue weighted by Crippen LogP contribution is 2.37. The van der Waals surface area contributed by atoms with Crippen molar-refractivity contribution < 1.29 is 32.3 Å². The highest BCUT2D eigenvalue weighted by atomic mass is 32.2. The number of ether oxygens (including phenoxy) is 2. The minimum Gasteiger partial charge on any atom is -0.493 e. The number of carbonyl (C=O) groups excluding carboxylic acids is 3. The van der Waals surface area contributed by atoms with Gasteiger partial charge in [-0.2, -0.15) is 0 Å². The number of hydrogen-bond donors (Lipinski definition) is 0. The third-order valence-electron chi connectivity index (χ3n) is 5.63. The predicted octanol–water partition coefficient (Wildman–Crippen LogP) is 2.31. The van der Waals surface area contributed by atoms with Gasteiger partial charge in [0.15, 0.2) is 21.3 Å². The van der Waals surface area contributed by atoms with E-state index in [-0.39, 0.29) is 22.7 Å². The van der Waals surface area contributed by atoms with Gasteiger partial charge in [-0.05, 0) is 36.8 Å². The second-order valence-electron chi connectivity index (χ2n) is 8.26. The Balaban J connectivity index is 2.05. The van der Waals surface area contributed by atoms with E-state index >= 15 is 0 Å². The van der Waals surface area contributed by atoms with Crippen LogP contribution in [0.2, 0.25) is 0 Å². The summed E-state index contributed by atoms with van der Waals surface area (Å²) in [6, 6.07) is 9.33. The van der Waals surface area contributed by atoms with Crippen molar-refractivity contribution in [1.29, 1.82) is 0 Å². The first-order valence-electron chi connectivity index (χ1n) is 10.9. The van der Waals surface area contributed by atoms with E-state index in [1.165, 1.54) is 30.1 Å². The molecule has 11 heteroatoms. The summed E-state index contributed by atoms with van der Waals surface area (Å²) in [7, 11) is 0.989. The number of rotatable bonds is 9. The molecule has 2 aromatic carbocycles. The summed E-state index contributed by atoms with van der Waals surface area (Å²) < 4.78 is 36.4. The van der Waals surface area contributed by atoms with Crippen LogP contribution in [0, 0.1) is 0 Å². The largest absolute Gasteiger partial charge is 0.493 e. The summed E-state index contributed by atoms with van der Waals surface area (Å²) in [5.41, 5.74) is 0.767. The maximum Gasteiger partial charge on any atom is 0.263 e. The quantitative estimate of drug-likeness (QED) is 0.378. The summed E-state index contributed by atoms with van der Waals surface area (Å²) in [6.45, 7) is 3.07. The van der Waals surface area contributed by atoms with E-state index in [1.807, 2.05) is 0 Å². The molecule has 3 amide bonds. The summed E-state index contributed by atoms with van der Waals surface area (Å²) >= 11 is 0. The average molecular weight is 504 g/mol. The van der Waals surface area contributed by atoms with Crippen LogP contribution in [-0.2, 0) is 14.6 Å². The predicted molar refractivity (Wildman–Crippen MR) is 130 cm³/mol. The van der Waals surface area contributed by atoms with E-state index in [9.17, 15) is 22.8 Å². The first-order valence-corrected chi connectivity index (χ1v) is 12.8. The van der Waals surface area contributed by atoms with Crippen molar-refractivity contribution in [2.24, 2.45) is 0 Å². The summed E-state index contributed by atoms with van der Waals surface area (Å²) in [6.07, 6.45) is 1.05. The van der Waals surface area contributed by atoms with E-state index in [4.69, 9.17) is 9.47 Å². The standard InChI is InChI=1S/C24H29N3O7S/c1-7-34-20-13-16(11-12-19(20)33-5)21(35(6,31)32)14-26-23(29)17-9-8-10-18(22(17)24(26)30)27(15(2)28)25(3)4/h8-13,21H,7,14H2,1-6H3. The number of anilines is 1. The molecule has 0 spiro atoms. The van der Waals surface area contributed by atoms with Crippen molar-refractivity contribution in [1.82, 2.24) is 9.91 Å². The lowest BCUT2D eigenvalue weighted by atomic mass is 10.1. The molecule has 35 heavy (non-hydrogen) atoms. The van der Waals surface area contributed by atoms with Crippen LogP contribution in [0.3, 0.4) is 0 Å². The fourth-order valence-corrected chi connectivity index (χ4v) is 5.20. The topological polar surface area (TPSA) is 114 Å². The molecule has 0 aliphatic carbocycles. The zero-order valence-electron chi connectivity index (χ0n) is 20.6. The van der Waals surface area contributed by atoms with E-state index in [1.54, 1.807) is 51.4 Å². The molecule has 0 saturated heterocycles. The van der Waals surface area contributed by atoms with Crippen molar-refractivity contribution >= 4 is 33.2 Å². The monoisotopic (exact) mass is 503 g/mol. The summed E-state index contributed by atoms with van der Waals surface area (Å²) in [4.78, 5) is 39.9. The Hall–Kier alpha value is -3.44. The Morgan fingerprint density at radius 3 is 2.31 bits per heavy atom. The highest BCUT2D eigenvalue weighted by Gasteiger charge is 2.42. The Kier molecular flexibility index (Phi) is 7.51. The molecule has 1 atom stereocenters. The van der Waals surface area contributed by atoms with Crippen molar-refractivity contribution in [3.8, 4) is 11.5 Å². The molecule has 0 saturated carbocycles. The van der Waals surface area contributed by atoms with Crippen molar-refractivity contribution in [3.05, 3.63) is 53.1 Å². The second kappa shape index (κ2) is 10.0. The van der Waals surface area contributed by atoms with Gasteiger partial charge in [-0.25, -0.2) is 18.4 Å². The lowest BCUT2D eigenvalue weighted by Gasteiger charge is -2.29. The molecule has 0 fully saturated rings. The maximum atomic E-state index is 13.5. The van der Waals surface area contributed by atoms with Crippen LogP contribution in [0.1, 0.15) is 45.4 Å². The third kappa shape index (κ3) is 5.01. The molecular weight excluding hydrogens is 474 g/mol. The van der Waals surface area contributed by atoms with Crippen molar-refractivity contribution in [3.63, 3.8) is 0 Å². The molecule has 3 rings (SSSR count). The molecular formula is C24H29N3O7S. The van der Waals surface area contributed by atoms with Gasteiger partial charge in [0.1, 0.15) is 5.25 Å². The molecule has 0 radical (unpaired) electrons. The van der Waals surface area contributed by atoms with Crippen LogP contribution in [0.15, 0.2) is 36.4 Å². The normalized spacial score (nSPS) is 14.2. The molecule has 1 aliphatic heterocycles. The molecule has 1 aliphatic rings. The molecule has 1 unspecified atom stereocenters. The van der Waals surface area contributed by atoms with Gasteiger partial charge in [-0.3, -0.25) is 19.3 Å². The Morgan fingerprint density at radius 1 is 1.09 bits per heavy atom. The van der Waals surface area contributed by atoms with Crippen LogP contribution in [0.5, 0.6) is 11.5 Å². The Morgan fingerprint density at radius 2 is 1.77 bits per heavy atom. The molecule has 0 bridgehead atoms. The molecule has 0 N–H and O–H groups in total. The number of imide groups is 1. The molecule has 10 nitrogen and oxygen atoms in total. The van der Waals surface area contributed by atoms with Gasteiger partial charge < -0.3 is 9.47 Å². The number of benzene rings is 2. The van der Waals surface area contributed by atoms with Crippen LogP contribution in [0.25, 0.3) is 0 Å². The third-order valence-corrected chi connectivity index (χ3v) is 7.08. The van der Waals surface area contributed by atoms with Gasteiger partial charge in [-0.15, -0.1) is 0 Å². The SMILES string of the molecule is CCOc1cc(C(CN2C(=O)c3cccc(N(C(C)=O)N(C)C)c3C2=O)S(C)(=O)=O)ccc1OC. The highest BCUT2D eigenvalue weighted by molar-refractivity contribution is 7.91. The number of nitrogens with zero attached hydrogens (tertiary/aromatic N) is 3. The minimum atomic E-state index is -3.76. The van der Waals surface area contributed by atoms with Crippen LogP contribution in [-0.4, -0.2) is 76.7 Å². The Bertz CT molecular complexity index is 1270. The number of hydrogen-bond acceptors (Lipinski definition) is 8. The number of sulfone groups is 1. The van der Waals surface area contributed by atoms with Gasteiger partial charge in [0, 0.05) is 27.3 Å². The smallest absolute Gasteiger partial charge is 0.263 e. The maximum absolute atomic E-state index is 13.5. The van der Waals surface area contributed by atoms with E-state index in [0.29, 0.717) is 23.7 Å². The first-order chi connectivity index (χ1) is 16.4. The van der Waals surface area contributed by atoms with E-state index in [0.717, 1.165) is 11.2 Å². The molecule has 2 aromatic rings.